The van der Waals surface area contributed by atoms with E-state index in [-0.39, 0.29) is 32.2 Å². The second kappa shape index (κ2) is 72.7. The fourth-order valence-electron chi connectivity index (χ4n) is 10.1. The van der Waals surface area contributed by atoms with Gasteiger partial charge in [0.15, 0.2) is 6.10 Å². The Kier molecular flexibility index (Phi) is 68.8. The summed E-state index contributed by atoms with van der Waals surface area (Å²) in [5.74, 6) is -2.02. The van der Waals surface area contributed by atoms with Crippen molar-refractivity contribution in [2.24, 2.45) is 0 Å². The molecule has 93 heavy (non-hydrogen) atoms. The van der Waals surface area contributed by atoms with Gasteiger partial charge in [-0.15, -0.1) is 0 Å². The van der Waals surface area contributed by atoms with Crippen molar-refractivity contribution in [3.05, 3.63) is 158 Å². The lowest BCUT2D eigenvalue weighted by Crippen LogP contribution is -2.40. The maximum absolute atomic E-state index is 13.0. The molecule has 0 rings (SSSR count). The molecule has 0 aromatic carbocycles. The van der Waals surface area contributed by atoms with Crippen molar-refractivity contribution >= 4 is 17.9 Å². The van der Waals surface area contributed by atoms with Crippen LogP contribution in [0, 0.1) is 0 Å². The van der Waals surface area contributed by atoms with Gasteiger partial charge in [-0.1, -0.05) is 320 Å². The first-order valence-electron chi connectivity index (χ1n) is 37.6. The normalized spacial score (nSPS) is 13.6. The topological polar surface area (TPSA) is 108 Å². The van der Waals surface area contributed by atoms with Gasteiger partial charge in [-0.2, -0.15) is 0 Å². The number of carboxylic acid groups (broad SMARTS) is 1. The van der Waals surface area contributed by atoms with Crippen molar-refractivity contribution in [3.63, 3.8) is 0 Å². The predicted octanol–water partition coefficient (Wildman–Crippen LogP) is 24.0. The summed E-state index contributed by atoms with van der Waals surface area (Å²) in [5.41, 5.74) is 0. The molecular formula is C84H140NO8+. The van der Waals surface area contributed by atoms with Crippen LogP contribution in [0.5, 0.6) is 0 Å². The summed E-state index contributed by atoms with van der Waals surface area (Å²) in [6.07, 6.45) is 105. The minimum absolute atomic E-state index is 0.179. The zero-order valence-electron chi connectivity index (χ0n) is 60.4. The minimum Gasteiger partial charge on any atom is -0.477 e. The van der Waals surface area contributed by atoms with E-state index in [1.807, 2.05) is 21.1 Å². The highest BCUT2D eigenvalue weighted by atomic mass is 16.7. The minimum atomic E-state index is -1.52. The van der Waals surface area contributed by atoms with Gasteiger partial charge in [-0.3, -0.25) is 9.59 Å². The third-order valence-corrected chi connectivity index (χ3v) is 15.8. The molecule has 0 aromatic rings. The van der Waals surface area contributed by atoms with E-state index in [2.05, 4.69) is 172 Å². The van der Waals surface area contributed by atoms with E-state index in [0.717, 1.165) is 128 Å². The van der Waals surface area contributed by atoms with E-state index < -0.39 is 24.3 Å². The second-order valence-electron chi connectivity index (χ2n) is 25.8. The number of aliphatic carboxylic acids is 1. The van der Waals surface area contributed by atoms with E-state index >= 15 is 0 Å². The molecule has 0 heterocycles. The number of hydrogen-bond acceptors (Lipinski definition) is 7. The lowest BCUT2D eigenvalue weighted by Gasteiger charge is -2.25. The maximum Gasteiger partial charge on any atom is 0.361 e. The SMILES string of the molecule is CC/C=C\C/C=C\C/C=C\C/C=C\C/C=C\C/C=C\C/C=C\CCCCCCCCCC(=O)OC(COC(=O)CCCCCCCCCCCCCCCCCCCCCC/C=C\C/C=C\C/C=C\C/C=C\C/C=C\C/C=C\CC)COC(OCC[N+](C)(C)C)C(=O)O. The first-order chi connectivity index (χ1) is 45.6. The van der Waals surface area contributed by atoms with Gasteiger partial charge in [-0.25, -0.2) is 4.79 Å². The fraction of sp³-hybridized carbons (Fsp3) is 0.655. The number of unbranched alkanes of at least 4 members (excludes halogenated alkanes) is 27. The molecule has 1 N–H and O–H groups in total. The molecule has 0 bridgehead atoms. The van der Waals surface area contributed by atoms with Crippen molar-refractivity contribution in [2.75, 3.05) is 47.5 Å². The highest BCUT2D eigenvalue weighted by Crippen LogP contribution is 2.17. The highest BCUT2D eigenvalue weighted by Gasteiger charge is 2.25. The van der Waals surface area contributed by atoms with Gasteiger partial charge in [-0.05, 0) is 122 Å². The molecule has 9 nitrogen and oxygen atoms in total. The summed E-state index contributed by atoms with van der Waals surface area (Å²) in [7, 11) is 5.97. The van der Waals surface area contributed by atoms with Crippen LogP contribution in [-0.4, -0.2) is 87.4 Å². The van der Waals surface area contributed by atoms with Crippen LogP contribution >= 0.6 is 0 Å². The zero-order valence-corrected chi connectivity index (χ0v) is 60.4. The summed E-state index contributed by atoms with van der Waals surface area (Å²) in [6.45, 7) is 4.64. The maximum atomic E-state index is 13.0. The van der Waals surface area contributed by atoms with E-state index in [4.69, 9.17) is 18.9 Å². The highest BCUT2D eigenvalue weighted by molar-refractivity contribution is 5.71. The Morgan fingerprint density at radius 2 is 0.581 bits per heavy atom. The molecular weight excluding hydrogens is 1150 g/mol. The Hall–Kier alpha value is -5.09. The monoisotopic (exact) mass is 1290 g/mol. The number of quaternary nitrogens is 1. The number of esters is 2. The number of carbonyl (C=O) groups excluding carboxylic acids is 2. The average Bonchev–Trinajstić information content (AvgIpc) is 3.74. The molecule has 0 aliphatic rings. The smallest absolute Gasteiger partial charge is 0.361 e. The number of rotatable bonds is 68. The summed E-state index contributed by atoms with van der Waals surface area (Å²) >= 11 is 0. The lowest BCUT2D eigenvalue weighted by molar-refractivity contribution is -0.870. The quantitative estimate of drug-likeness (QED) is 0.0211. The van der Waals surface area contributed by atoms with Crippen LogP contribution in [0.25, 0.3) is 0 Å². The number of nitrogens with zero attached hydrogens (tertiary/aromatic N) is 1. The molecule has 0 saturated heterocycles. The molecule has 2 atom stereocenters. The molecule has 0 radical (unpaired) electrons. The van der Waals surface area contributed by atoms with Gasteiger partial charge in [0.25, 0.3) is 6.29 Å². The third-order valence-electron chi connectivity index (χ3n) is 15.8. The van der Waals surface area contributed by atoms with Crippen LogP contribution in [0.15, 0.2) is 158 Å². The van der Waals surface area contributed by atoms with Gasteiger partial charge in [0.05, 0.1) is 34.4 Å². The lowest BCUT2D eigenvalue weighted by atomic mass is 10.0. The van der Waals surface area contributed by atoms with Gasteiger partial charge in [0.1, 0.15) is 13.2 Å². The van der Waals surface area contributed by atoms with Gasteiger partial charge < -0.3 is 28.5 Å². The third kappa shape index (κ3) is 74.2. The van der Waals surface area contributed by atoms with E-state index in [1.165, 1.54) is 135 Å². The summed E-state index contributed by atoms with van der Waals surface area (Å²) in [6, 6.07) is 0. The van der Waals surface area contributed by atoms with Gasteiger partial charge in [0.2, 0.25) is 0 Å². The van der Waals surface area contributed by atoms with Crippen LogP contribution in [0.3, 0.4) is 0 Å². The Labute approximate surface area is 572 Å². The van der Waals surface area contributed by atoms with Crippen molar-refractivity contribution in [1.29, 1.82) is 0 Å². The van der Waals surface area contributed by atoms with Crippen molar-refractivity contribution in [3.8, 4) is 0 Å². The number of likely N-dealkylation sites (N-methyl/N-ethyl adjacent to an activating group) is 1. The molecule has 0 saturated carbocycles. The van der Waals surface area contributed by atoms with Crippen molar-refractivity contribution in [1.82, 2.24) is 0 Å². The zero-order chi connectivity index (χ0) is 67.5. The van der Waals surface area contributed by atoms with Crippen LogP contribution < -0.4 is 0 Å². The van der Waals surface area contributed by atoms with E-state index in [0.29, 0.717) is 23.9 Å². The molecule has 0 aliphatic heterocycles. The van der Waals surface area contributed by atoms with Crippen LogP contribution in [0.1, 0.15) is 296 Å². The molecule has 0 aromatic heterocycles. The Morgan fingerprint density at radius 3 is 0.860 bits per heavy atom. The number of carbonyl (C=O) groups is 3. The first kappa shape index (κ1) is 87.9. The molecule has 0 aliphatic carbocycles. The standard InChI is InChI=1S/C84H139NO8/c1-6-8-10-12-14-16-18-20-22-24-26-28-30-32-34-36-37-38-39-40-41-42-43-44-45-47-48-50-52-54-56-58-60-62-64-66-68-70-72-74-81(86)91-78-80(79-92-84(83(88)89)90-77-76-85(3,4)5)93-82(87)75-73-71-69-67-65-63-61-59-57-55-53-51-49-46-35-33-31-29-27-25-23-21-19-17-15-13-11-9-7-2/h8-11,14-17,20-23,26-29,32-35,37-38,49,51,55,57,80,84H,6-7,12-13,18-19,24-25,30-31,36,39-48,50,52-54,56,58-79H2,1-5H3/p+1/b10-8-,11-9-,16-14-,17-15-,22-20-,23-21-,28-26-,29-27-,34-32-,35-33-,38-37-,51-49-,57-55-. The number of hydrogen-bond donors (Lipinski definition) is 1. The number of allylic oxidation sites excluding steroid dienone is 26. The van der Waals surface area contributed by atoms with Gasteiger partial charge in [0, 0.05) is 12.8 Å². The van der Waals surface area contributed by atoms with Crippen LogP contribution in [-0.2, 0) is 33.3 Å². The predicted molar refractivity (Wildman–Crippen MR) is 400 cm³/mol. The molecule has 0 amide bonds. The van der Waals surface area contributed by atoms with Gasteiger partial charge >= 0.3 is 17.9 Å². The summed E-state index contributed by atoms with van der Waals surface area (Å²) < 4.78 is 23.0. The van der Waals surface area contributed by atoms with E-state index in [9.17, 15) is 19.5 Å². The molecule has 9 heteroatoms. The Bertz CT molecular complexity index is 2090. The number of ether oxygens (including phenoxy) is 4. The Morgan fingerprint density at radius 1 is 0.323 bits per heavy atom. The molecule has 2 unspecified atom stereocenters. The van der Waals surface area contributed by atoms with Crippen molar-refractivity contribution in [2.45, 2.75) is 309 Å². The van der Waals surface area contributed by atoms with Crippen LogP contribution in [0.4, 0.5) is 0 Å². The van der Waals surface area contributed by atoms with Crippen molar-refractivity contribution < 1.29 is 42.9 Å². The number of carboxylic acids is 1. The average molecular weight is 1290 g/mol. The van der Waals surface area contributed by atoms with Crippen LogP contribution in [0.2, 0.25) is 0 Å². The molecule has 528 valence electrons. The molecule has 0 spiro atoms. The summed E-state index contributed by atoms with van der Waals surface area (Å²) in [4.78, 5) is 37.7. The van der Waals surface area contributed by atoms with E-state index in [1.54, 1.807) is 0 Å². The first-order valence-corrected chi connectivity index (χ1v) is 37.6. The fourth-order valence-corrected chi connectivity index (χ4v) is 10.1. The largest absolute Gasteiger partial charge is 0.477 e. The second-order valence-corrected chi connectivity index (χ2v) is 25.8. The molecule has 0 fully saturated rings. The Balaban J connectivity index is 4.09. The summed E-state index contributed by atoms with van der Waals surface area (Å²) in [5, 5.41) is 9.76.